The van der Waals surface area contributed by atoms with Crippen molar-refractivity contribution in [1.82, 2.24) is 5.32 Å². The zero-order chi connectivity index (χ0) is 12.8. The molecule has 0 unspecified atom stereocenters. The number of unbranched alkanes of at least 4 members (excludes halogenated alkanes) is 1. The fourth-order valence-corrected chi connectivity index (χ4v) is 1.26. The fraction of sp³-hybridized carbons (Fsp3) is 0.364. The third-order valence-corrected chi connectivity index (χ3v) is 2.16. The van der Waals surface area contributed by atoms with E-state index in [1.165, 1.54) is 0 Å². The van der Waals surface area contributed by atoms with Gasteiger partial charge in [-0.15, -0.1) is 12.4 Å². The Labute approximate surface area is 109 Å². The van der Waals surface area contributed by atoms with Gasteiger partial charge in [0.15, 0.2) is 17.5 Å². The molecule has 0 aliphatic rings. The smallest absolute Gasteiger partial charge is 0.251 e. The first-order valence-corrected chi connectivity index (χ1v) is 5.19. The van der Waals surface area contributed by atoms with Crippen molar-refractivity contribution in [3.05, 3.63) is 35.1 Å². The van der Waals surface area contributed by atoms with E-state index in [0.29, 0.717) is 31.6 Å². The van der Waals surface area contributed by atoms with Gasteiger partial charge in [-0.3, -0.25) is 4.79 Å². The summed E-state index contributed by atoms with van der Waals surface area (Å²) in [5.74, 6) is -4.97. The van der Waals surface area contributed by atoms with Crippen LogP contribution in [0.15, 0.2) is 12.1 Å². The van der Waals surface area contributed by atoms with Crippen LogP contribution in [-0.4, -0.2) is 19.0 Å². The molecule has 0 aromatic heterocycles. The first-order valence-electron chi connectivity index (χ1n) is 5.19. The van der Waals surface area contributed by atoms with Gasteiger partial charge in [0.05, 0.1) is 0 Å². The molecule has 1 rings (SSSR count). The normalized spacial score (nSPS) is 9.78. The van der Waals surface area contributed by atoms with Crippen molar-refractivity contribution < 1.29 is 18.0 Å². The summed E-state index contributed by atoms with van der Waals surface area (Å²) < 4.78 is 38.3. The second-order valence-electron chi connectivity index (χ2n) is 3.51. The summed E-state index contributed by atoms with van der Waals surface area (Å²) in [6, 6.07) is 1.33. The Morgan fingerprint density at radius 2 is 1.72 bits per heavy atom. The molecule has 3 nitrogen and oxygen atoms in total. The molecule has 0 saturated carbocycles. The Bertz CT molecular complexity index is 392. The minimum atomic E-state index is -1.58. The monoisotopic (exact) mass is 282 g/mol. The Morgan fingerprint density at radius 1 is 1.17 bits per heavy atom. The van der Waals surface area contributed by atoms with E-state index in [1.54, 1.807) is 0 Å². The molecule has 0 aliphatic heterocycles. The van der Waals surface area contributed by atoms with Crippen LogP contribution in [0.25, 0.3) is 0 Å². The van der Waals surface area contributed by atoms with Crippen molar-refractivity contribution in [3.8, 4) is 0 Å². The van der Waals surface area contributed by atoms with E-state index < -0.39 is 23.4 Å². The zero-order valence-corrected chi connectivity index (χ0v) is 10.3. The lowest BCUT2D eigenvalue weighted by molar-refractivity contribution is 0.0952. The van der Waals surface area contributed by atoms with Gasteiger partial charge in [0.2, 0.25) is 0 Å². The largest absolute Gasteiger partial charge is 0.352 e. The average Bonchev–Trinajstić information content (AvgIpc) is 2.30. The van der Waals surface area contributed by atoms with Gasteiger partial charge in [0.1, 0.15) is 0 Å². The molecule has 1 aromatic rings. The molecule has 0 spiro atoms. The summed E-state index contributed by atoms with van der Waals surface area (Å²) >= 11 is 0. The maximum absolute atomic E-state index is 12.8. The highest BCUT2D eigenvalue weighted by atomic mass is 35.5. The first-order chi connectivity index (χ1) is 8.06. The maximum atomic E-state index is 12.8. The lowest BCUT2D eigenvalue weighted by atomic mass is 10.2. The van der Waals surface area contributed by atoms with E-state index in [0.717, 1.165) is 6.42 Å². The molecule has 0 bridgehead atoms. The molecule has 0 atom stereocenters. The van der Waals surface area contributed by atoms with Crippen LogP contribution in [0.3, 0.4) is 0 Å². The van der Waals surface area contributed by atoms with Gasteiger partial charge >= 0.3 is 0 Å². The summed E-state index contributed by atoms with van der Waals surface area (Å²) in [4.78, 5) is 11.4. The number of amides is 1. The number of nitrogens with one attached hydrogen (secondary N) is 1. The number of carbonyl (C=O) groups is 1. The molecule has 0 fully saturated rings. The number of nitrogens with two attached hydrogens (primary N) is 1. The lowest BCUT2D eigenvalue weighted by Gasteiger charge is -2.05. The van der Waals surface area contributed by atoms with E-state index in [9.17, 15) is 18.0 Å². The number of carbonyl (C=O) groups excluding carboxylic acids is 1. The number of halogens is 4. The van der Waals surface area contributed by atoms with Crippen LogP contribution in [-0.2, 0) is 0 Å². The molecule has 1 amide bonds. The topological polar surface area (TPSA) is 55.1 Å². The van der Waals surface area contributed by atoms with Crippen LogP contribution in [0.5, 0.6) is 0 Å². The minimum absolute atomic E-state index is 0. The van der Waals surface area contributed by atoms with Crippen molar-refractivity contribution in [2.75, 3.05) is 13.1 Å². The second-order valence-corrected chi connectivity index (χ2v) is 3.51. The summed E-state index contributed by atoms with van der Waals surface area (Å²) in [6.07, 6.45) is 1.42. The quantitative estimate of drug-likeness (QED) is 0.641. The molecule has 102 valence electrons. The number of benzene rings is 1. The molecule has 0 radical (unpaired) electrons. The van der Waals surface area contributed by atoms with Crippen LogP contribution in [0.1, 0.15) is 23.2 Å². The first kappa shape index (κ1) is 16.7. The third kappa shape index (κ3) is 4.54. The highest BCUT2D eigenvalue weighted by Gasteiger charge is 2.14. The third-order valence-electron chi connectivity index (χ3n) is 2.16. The van der Waals surface area contributed by atoms with Gasteiger partial charge in [-0.05, 0) is 31.5 Å². The van der Waals surface area contributed by atoms with Crippen LogP contribution in [0.4, 0.5) is 13.2 Å². The second kappa shape index (κ2) is 7.94. The average molecular weight is 283 g/mol. The number of hydrogen-bond acceptors (Lipinski definition) is 2. The summed E-state index contributed by atoms with van der Waals surface area (Å²) in [5.41, 5.74) is 5.02. The molecule has 0 saturated heterocycles. The van der Waals surface area contributed by atoms with E-state index in [1.807, 2.05) is 0 Å². The van der Waals surface area contributed by atoms with Gasteiger partial charge in [-0.1, -0.05) is 0 Å². The van der Waals surface area contributed by atoms with E-state index in [2.05, 4.69) is 5.32 Å². The van der Waals surface area contributed by atoms with Crippen molar-refractivity contribution in [2.45, 2.75) is 12.8 Å². The molecular formula is C11H14ClF3N2O. The standard InChI is InChI=1S/C11H13F3N2O.ClH/c12-8-5-7(6-9(13)10(8)14)11(17)16-4-2-1-3-15;/h5-6H,1-4,15H2,(H,16,17);1H. The molecular weight excluding hydrogens is 269 g/mol. The molecule has 3 N–H and O–H groups in total. The van der Waals surface area contributed by atoms with Gasteiger partial charge in [0, 0.05) is 12.1 Å². The van der Waals surface area contributed by atoms with Crippen LogP contribution in [0, 0.1) is 17.5 Å². The van der Waals surface area contributed by atoms with Crippen molar-refractivity contribution in [2.24, 2.45) is 5.73 Å². The highest BCUT2D eigenvalue weighted by molar-refractivity contribution is 5.94. The summed E-state index contributed by atoms with van der Waals surface area (Å²) in [7, 11) is 0. The summed E-state index contributed by atoms with van der Waals surface area (Å²) in [6.45, 7) is 0.867. The zero-order valence-electron chi connectivity index (χ0n) is 9.51. The van der Waals surface area contributed by atoms with Crippen LogP contribution >= 0.6 is 12.4 Å². The SMILES string of the molecule is Cl.NCCCCNC(=O)c1cc(F)c(F)c(F)c1. The van der Waals surface area contributed by atoms with Gasteiger partial charge in [-0.2, -0.15) is 0 Å². The predicted octanol–water partition coefficient (Wildman–Crippen LogP) is 1.99. The van der Waals surface area contributed by atoms with E-state index >= 15 is 0 Å². The van der Waals surface area contributed by atoms with Crippen molar-refractivity contribution in [3.63, 3.8) is 0 Å². The maximum Gasteiger partial charge on any atom is 0.251 e. The van der Waals surface area contributed by atoms with Crippen LogP contribution in [0.2, 0.25) is 0 Å². The van der Waals surface area contributed by atoms with Gasteiger partial charge in [-0.25, -0.2) is 13.2 Å². The van der Waals surface area contributed by atoms with Gasteiger partial charge < -0.3 is 11.1 Å². The summed E-state index contributed by atoms with van der Waals surface area (Å²) in [5, 5.41) is 2.46. The number of rotatable bonds is 5. The van der Waals surface area contributed by atoms with Crippen molar-refractivity contribution >= 4 is 18.3 Å². The molecule has 0 heterocycles. The van der Waals surface area contributed by atoms with Crippen molar-refractivity contribution in [1.29, 1.82) is 0 Å². The van der Waals surface area contributed by atoms with E-state index in [4.69, 9.17) is 5.73 Å². The Morgan fingerprint density at radius 3 is 2.22 bits per heavy atom. The van der Waals surface area contributed by atoms with Crippen LogP contribution < -0.4 is 11.1 Å². The Balaban J connectivity index is 0.00000289. The molecule has 0 aliphatic carbocycles. The lowest BCUT2D eigenvalue weighted by Crippen LogP contribution is -2.25. The molecule has 7 heteroatoms. The number of hydrogen-bond donors (Lipinski definition) is 2. The van der Waals surface area contributed by atoms with E-state index in [-0.39, 0.29) is 18.0 Å². The Hall–Kier alpha value is -1.27. The predicted molar refractivity (Wildman–Crippen MR) is 64.2 cm³/mol. The fourth-order valence-electron chi connectivity index (χ4n) is 1.26. The highest BCUT2D eigenvalue weighted by Crippen LogP contribution is 2.13. The molecule has 1 aromatic carbocycles. The Kier molecular flexibility index (Phi) is 7.38. The minimum Gasteiger partial charge on any atom is -0.352 e. The van der Waals surface area contributed by atoms with Gasteiger partial charge in [0.25, 0.3) is 5.91 Å². The molecule has 18 heavy (non-hydrogen) atoms.